The lowest BCUT2D eigenvalue weighted by atomic mass is 10.1. The molecule has 1 aromatic rings. The van der Waals surface area contributed by atoms with Gasteiger partial charge in [-0.15, -0.1) is 0 Å². The predicted molar refractivity (Wildman–Crippen MR) is 79.2 cm³/mol. The van der Waals surface area contributed by atoms with Gasteiger partial charge in [-0.3, -0.25) is 4.79 Å². The minimum absolute atomic E-state index is 0.00801. The summed E-state index contributed by atoms with van der Waals surface area (Å²) in [5, 5.41) is 3.16. The summed E-state index contributed by atoms with van der Waals surface area (Å²) in [6, 6.07) is 5.45. The fourth-order valence-electron chi connectivity index (χ4n) is 1.70. The highest BCUT2D eigenvalue weighted by atomic mass is 35.5. The first-order valence-corrected chi connectivity index (χ1v) is 6.83. The van der Waals surface area contributed by atoms with Gasteiger partial charge >= 0.3 is 0 Å². The van der Waals surface area contributed by atoms with Gasteiger partial charge in [0.05, 0.1) is 11.6 Å². The lowest BCUT2D eigenvalue weighted by Gasteiger charge is -2.14. The van der Waals surface area contributed by atoms with Gasteiger partial charge in [-0.1, -0.05) is 23.7 Å². The number of amides is 1. The molecule has 1 aromatic carbocycles. The molecule has 5 nitrogen and oxygen atoms in total. The van der Waals surface area contributed by atoms with Crippen LogP contribution in [-0.2, 0) is 16.0 Å². The quantitative estimate of drug-likeness (QED) is 0.711. The van der Waals surface area contributed by atoms with Gasteiger partial charge in [0.25, 0.3) is 5.91 Å². The number of hydrogen-bond donors (Lipinski definition) is 2. The van der Waals surface area contributed by atoms with E-state index in [2.05, 4.69) is 5.32 Å². The molecule has 1 unspecified atom stereocenters. The predicted octanol–water partition coefficient (Wildman–Crippen LogP) is 1.37. The molecular formula is C14H21ClN2O3. The fourth-order valence-corrected chi connectivity index (χ4v) is 1.95. The number of carbonyl (C=O) groups excluding carboxylic acids is 1. The van der Waals surface area contributed by atoms with Gasteiger partial charge in [0, 0.05) is 19.7 Å². The highest BCUT2D eigenvalue weighted by molar-refractivity contribution is 6.32. The van der Waals surface area contributed by atoms with Gasteiger partial charge in [-0.25, -0.2) is 0 Å². The zero-order valence-electron chi connectivity index (χ0n) is 11.8. The van der Waals surface area contributed by atoms with E-state index in [1.807, 2.05) is 19.1 Å². The molecule has 1 rings (SSSR count). The van der Waals surface area contributed by atoms with Crippen LogP contribution in [-0.4, -0.2) is 38.8 Å². The first kappa shape index (κ1) is 16.8. The molecule has 0 spiro atoms. The molecule has 20 heavy (non-hydrogen) atoms. The molecule has 0 fully saturated rings. The van der Waals surface area contributed by atoms with Crippen molar-refractivity contribution in [3.63, 3.8) is 0 Å². The number of methoxy groups -OCH3 is 1. The van der Waals surface area contributed by atoms with Crippen molar-refractivity contribution in [3.8, 4) is 5.75 Å². The summed E-state index contributed by atoms with van der Waals surface area (Å²) in [5.74, 6) is 0.307. The van der Waals surface area contributed by atoms with Crippen LogP contribution in [0, 0.1) is 0 Å². The van der Waals surface area contributed by atoms with Crippen LogP contribution < -0.4 is 15.8 Å². The van der Waals surface area contributed by atoms with Gasteiger partial charge in [0.1, 0.15) is 5.75 Å². The van der Waals surface area contributed by atoms with E-state index in [4.69, 9.17) is 26.8 Å². The first-order valence-electron chi connectivity index (χ1n) is 6.46. The topological polar surface area (TPSA) is 73.6 Å². The summed E-state index contributed by atoms with van der Waals surface area (Å²) in [4.78, 5) is 11.6. The Bertz CT molecular complexity index is 438. The van der Waals surface area contributed by atoms with Crippen molar-refractivity contribution in [1.29, 1.82) is 0 Å². The van der Waals surface area contributed by atoms with Crippen LogP contribution in [0.1, 0.15) is 12.5 Å². The zero-order valence-corrected chi connectivity index (χ0v) is 12.6. The van der Waals surface area contributed by atoms with Crippen molar-refractivity contribution < 1.29 is 14.3 Å². The van der Waals surface area contributed by atoms with Crippen LogP contribution in [0.25, 0.3) is 0 Å². The summed E-state index contributed by atoms with van der Waals surface area (Å²) < 4.78 is 10.4. The lowest BCUT2D eigenvalue weighted by Crippen LogP contribution is -2.31. The summed E-state index contributed by atoms with van der Waals surface area (Å²) in [7, 11) is 1.58. The van der Waals surface area contributed by atoms with Crippen molar-refractivity contribution >= 4 is 17.5 Å². The maximum Gasteiger partial charge on any atom is 0.258 e. The van der Waals surface area contributed by atoms with Crippen molar-refractivity contribution in [1.82, 2.24) is 5.32 Å². The Kier molecular flexibility index (Phi) is 7.36. The number of para-hydroxylation sites is 1. The standard InChI is InChI=1S/C14H21ClN2O3/c1-10(16)8-11-4-3-5-12(15)14(11)20-9-13(18)17-6-7-19-2/h3-5,10H,6-9,16H2,1-2H3,(H,17,18). The van der Waals surface area contributed by atoms with Crippen LogP contribution in [0.2, 0.25) is 5.02 Å². The van der Waals surface area contributed by atoms with E-state index in [-0.39, 0.29) is 18.6 Å². The SMILES string of the molecule is COCCNC(=O)COc1c(Cl)cccc1CC(C)N. The monoisotopic (exact) mass is 300 g/mol. The van der Waals surface area contributed by atoms with Gasteiger partial charge in [-0.2, -0.15) is 0 Å². The van der Waals surface area contributed by atoms with Crippen molar-refractivity contribution in [2.24, 2.45) is 5.73 Å². The van der Waals surface area contributed by atoms with Crippen LogP contribution in [0.5, 0.6) is 5.75 Å². The number of hydrogen-bond acceptors (Lipinski definition) is 4. The van der Waals surface area contributed by atoms with Gasteiger partial charge in [-0.05, 0) is 25.0 Å². The average Bonchev–Trinajstić information content (AvgIpc) is 2.37. The third kappa shape index (κ3) is 5.77. The molecule has 0 aromatic heterocycles. The Balaban J connectivity index is 2.60. The number of ether oxygens (including phenoxy) is 2. The Hall–Kier alpha value is -1.30. The summed E-state index contributed by atoms with van der Waals surface area (Å²) in [6.45, 7) is 2.74. The van der Waals surface area contributed by atoms with Crippen molar-refractivity contribution in [2.75, 3.05) is 26.9 Å². The third-order valence-corrected chi connectivity index (χ3v) is 2.86. The first-order chi connectivity index (χ1) is 9.54. The Labute approximate surface area is 124 Å². The smallest absolute Gasteiger partial charge is 0.258 e. The van der Waals surface area contributed by atoms with Crippen molar-refractivity contribution in [2.45, 2.75) is 19.4 Å². The summed E-state index contributed by atoms with van der Waals surface area (Å²) in [5.41, 5.74) is 6.69. The van der Waals surface area contributed by atoms with E-state index in [0.29, 0.717) is 30.3 Å². The zero-order chi connectivity index (χ0) is 15.0. The van der Waals surface area contributed by atoms with Gasteiger partial charge in [0.2, 0.25) is 0 Å². The molecule has 1 amide bonds. The molecule has 0 bridgehead atoms. The van der Waals surface area contributed by atoms with E-state index in [1.54, 1.807) is 13.2 Å². The van der Waals surface area contributed by atoms with E-state index in [9.17, 15) is 4.79 Å². The van der Waals surface area contributed by atoms with E-state index in [1.165, 1.54) is 0 Å². The minimum atomic E-state index is -0.214. The van der Waals surface area contributed by atoms with Gasteiger partial charge < -0.3 is 20.5 Å². The molecule has 6 heteroatoms. The molecule has 112 valence electrons. The number of nitrogens with one attached hydrogen (secondary N) is 1. The molecule has 0 aliphatic carbocycles. The molecular weight excluding hydrogens is 280 g/mol. The lowest BCUT2D eigenvalue weighted by molar-refractivity contribution is -0.123. The second kappa shape index (κ2) is 8.79. The Morgan fingerprint density at radius 3 is 2.90 bits per heavy atom. The largest absolute Gasteiger partial charge is 0.482 e. The number of carbonyl (C=O) groups is 1. The highest BCUT2D eigenvalue weighted by Gasteiger charge is 2.12. The Morgan fingerprint density at radius 2 is 2.25 bits per heavy atom. The molecule has 0 saturated carbocycles. The second-order valence-electron chi connectivity index (χ2n) is 4.54. The number of nitrogens with two attached hydrogens (primary N) is 1. The van der Waals surface area contributed by atoms with Crippen molar-refractivity contribution in [3.05, 3.63) is 28.8 Å². The molecule has 0 aliphatic rings. The summed E-state index contributed by atoms with van der Waals surface area (Å²) >= 11 is 6.11. The summed E-state index contributed by atoms with van der Waals surface area (Å²) in [6.07, 6.45) is 0.640. The average molecular weight is 301 g/mol. The van der Waals surface area contributed by atoms with Crippen LogP contribution >= 0.6 is 11.6 Å². The molecule has 0 saturated heterocycles. The molecule has 0 aliphatic heterocycles. The number of benzene rings is 1. The van der Waals surface area contributed by atoms with Gasteiger partial charge in [0.15, 0.2) is 6.61 Å². The van der Waals surface area contributed by atoms with Crippen LogP contribution in [0.4, 0.5) is 0 Å². The fraction of sp³-hybridized carbons (Fsp3) is 0.500. The van der Waals surface area contributed by atoms with E-state index < -0.39 is 0 Å². The molecule has 3 N–H and O–H groups in total. The number of halogens is 1. The highest BCUT2D eigenvalue weighted by Crippen LogP contribution is 2.29. The maximum absolute atomic E-state index is 11.6. The number of rotatable bonds is 8. The van der Waals surface area contributed by atoms with Crippen LogP contribution in [0.3, 0.4) is 0 Å². The minimum Gasteiger partial charge on any atom is -0.482 e. The normalized spacial score (nSPS) is 12.0. The maximum atomic E-state index is 11.6. The molecule has 1 atom stereocenters. The molecule has 0 heterocycles. The second-order valence-corrected chi connectivity index (χ2v) is 4.95. The van der Waals surface area contributed by atoms with E-state index in [0.717, 1.165) is 5.56 Å². The molecule has 0 radical (unpaired) electrons. The Morgan fingerprint density at radius 1 is 1.50 bits per heavy atom. The van der Waals surface area contributed by atoms with E-state index >= 15 is 0 Å². The van der Waals surface area contributed by atoms with Crippen LogP contribution in [0.15, 0.2) is 18.2 Å². The third-order valence-electron chi connectivity index (χ3n) is 2.57.